The lowest BCUT2D eigenvalue weighted by atomic mass is 10.1. The highest BCUT2D eigenvalue weighted by atomic mass is 35.5. The molecule has 0 saturated carbocycles. The number of halogens is 1. The molecular weight excluding hydrogens is 464 g/mol. The molecule has 172 valence electrons. The van der Waals surface area contributed by atoms with Crippen molar-refractivity contribution < 1.29 is 22.7 Å². The molecule has 33 heavy (non-hydrogen) atoms. The predicted octanol–water partition coefficient (Wildman–Crippen LogP) is 3.67. The second-order valence-electron chi connectivity index (χ2n) is 7.38. The summed E-state index contributed by atoms with van der Waals surface area (Å²) in [5.74, 6) is 0.558. The van der Waals surface area contributed by atoms with Gasteiger partial charge in [0, 0.05) is 17.6 Å². The van der Waals surface area contributed by atoms with E-state index in [2.05, 4.69) is 5.32 Å². The molecule has 1 aliphatic rings. The highest BCUT2D eigenvalue weighted by Gasteiger charge is 2.28. The Morgan fingerprint density at radius 3 is 2.36 bits per heavy atom. The molecule has 7 nitrogen and oxygen atoms in total. The molecule has 0 fully saturated rings. The summed E-state index contributed by atoms with van der Waals surface area (Å²) >= 11 is 5.90. The molecule has 0 spiro atoms. The van der Waals surface area contributed by atoms with Gasteiger partial charge in [0.1, 0.15) is 19.8 Å². The molecule has 1 amide bonds. The van der Waals surface area contributed by atoms with Gasteiger partial charge in [-0.2, -0.15) is 0 Å². The molecule has 0 unspecified atom stereocenters. The predicted molar refractivity (Wildman–Crippen MR) is 127 cm³/mol. The Hall–Kier alpha value is -3.23. The van der Waals surface area contributed by atoms with Crippen LogP contribution in [0.3, 0.4) is 0 Å². The van der Waals surface area contributed by atoms with Gasteiger partial charge in [0.2, 0.25) is 5.91 Å². The lowest BCUT2D eigenvalue weighted by Crippen LogP contribution is -2.41. The summed E-state index contributed by atoms with van der Waals surface area (Å²) in [6.45, 7) is 0.778. The van der Waals surface area contributed by atoms with Crippen molar-refractivity contribution in [2.45, 2.75) is 11.3 Å². The zero-order valence-corrected chi connectivity index (χ0v) is 19.3. The van der Waals surface area contributed by atoms with Gasteiger partial charge in [0.15, 0.2) is 11.5 Å². The number of sulfonamides is 1. The Morgan fingerprint density at radius 2 is 1.64 bits per heavy atom. The first-order chi connectivity index (χ1) is 15.9. The number of anilines is 1. The Morgan fingerprint density at radius 1 is 0.939 bits per heavy atom. The van der Waals surface area contributed by atoms with Crippen molar-refractivity contribution in [3.8, 4) is 11.5 Å². The fourth-order valence-corrected chi connectivity index (χ4v) is 4.97. The van der Waals surface area contributed by atoms with Crippen molar-refractivity contribution in [2.24, 2.45) is 0 Å². The Bertz CT molecular complexity index is 1220. The lowest BCUT2D eigenvalue weighted by molar-refractivity contribution is -0.119. The van der Waals surface area contributed by atoms with Gasteiger partial charge in [-0.05, 0) is 48.4 Å². The quantitative estimate of drug-likeness (QED) is 0.525. The van der Waals surface area contributed by atoms with Crippen LogP contribution in [0, 0.1) is 0 Å². The molecule has 4 rings (SSSR count). The van der Waals surface area contributed by atoms with Gasteiger partial charge in [0.25, 0.3) is 10.0 Å². The first kappa shape index (κ1) is 22.9. The standard InChI is InChI=1S/C24H23ClN2O5S/c25-19-8-6-18(7-9-19)12-13-26-24(28)17-27(33(29,30)21-4-2-1-3-5-21)20-10-11-22-23(16-20)32-15-14-31-22/h1-11,16H,12-15,17H2,(H,26,28). The van der Waals surface area contributed by atoms with E-state index < -0.39 is 15.9 Å². The van der Waals surface area contributed by atoms with Crippen LogP contribution in [0.4, 0.5) is 5.69 Å². The number of rotatable bonds is 8. The van der Waals surface area contributed by atoms with Gasteiger partial charge in [-0.15, -0.1) is 0 Å². The summed E-state index contributed by atoms with van der Waals surface area (Å²) in [7, 11) is -4.00. The van der Waals surface area contributed by atoms with Crippen LogP contribution in [-0.4, -0.2) is 40.6 Å². The van der Waals surface area contributed by atoms with Crippen molar-refractivity contribution in [2.75, 3.05) is 30.6 Å². The molecule has 0 bridgehead atoms. The largest absolute Gasteiger partial charge is 0.486 e. The summed E-state index contributed by atoms with van der Waals surface area (Å²) in [6, 6.07) is 20.2. The van der Waals surface area contributed by atoms with E-state index in [4.69, 9.17) is 21.1 Å². The number of fused-ring (bicyclic) bond motifs is 1. The lowest BCUT2D eigenvalue weighted by Gasteiger charge is -2.26. The highest BCUT2D eigenvalue weighted by Crippen LogP contribution is 2.35. The Labute approximate surface area is 197 Å². The molecule has 0 saturated heterocycles. The topological polar surface area (TPSA) is 84.9 Å². The van der Waals surface area contributed by atoms with E-state index in [1.54, 1.807) is 48.5 Å². The second-order valence-corrected chi connectivity index (χ2v) is 9.68. The number of hydrogen-bond acceptors (Lipinski definition) is 5. The Kier molecular flexibility index (Phi) is 7.05. The van der Waals surface area contributed by atoms with Gasteiger partial charge >= 0.3 is 0 Å². The van der Waals surface area contributed by atoms with Crippen molar-refractivity contribution in [3.05, 3.63) is 83.4 Å². The van der Waals surface area contributed by atoms with E-state index in [1.807, 2.05) is 12.1 Å². The van der Waals surface area contributed by atoms with Crippen LogP contribution in [0.5, 0.6) is 11.5 Å². The van der Waals surface area contributed by atoms with E-state index in [0.29, 0.717) is 48.4 Å². The van der Waals surface area contributed by atoms with Gasteiger partial charge < -0.3 is 14.8 Å². The number of hydrogen-bond donors (Lipinski definition) is 1. The number of carbonyl (C=O) groups is 1. The third-order valence-electron chi connectivity index (χ3n) is 5.08. The van der Waals surface area contributed by atoms with Gasteiger partial charge in [-0.3, -0.25) is 9.10 Å². The van der Waals surface area contributed by atoms with Crippen molar-refractivity contribution >= 4 is 33.2 Å². The average molecular weight is 487 g/mol. The Balaban J connectivity index is 1.54. The zero-order valence-electron chi connectivity index (χ0n) is 17.7. The SMILES string of the molecule is O=C(CN(c1ccc2c(c1)OCCO2)S(=O)(=O)c1ccccc1)NCCc1ccc(Cl)cc1. The minimum absolute atomic E-state index is 0.0915. The van der Waals surface area contributed by atoms with Crippen molar-refractivity contribution in [1.82, 2.24) is 5.32 Å². The van der Waals surface area contributed by atoms with Crippen LogP contribution in [0.2, 0.25) is 5.02 Å². The monoisotopic (exact) mass is 486 g/mol. The molecule has 9 heteroatoms. The van der Waals surface area contributed by atoms with Crippen LogP contribution in [-0.2, 0) is 21.2 Å². The maximum atomic E-state index is 13.4. The van der Waals surface area contributed by atoms with E-state index in [0.717, 1.165) is 9.87 Å². The highest BCUT2D eigenvalue weighted by molar-refractivity contribution is 7.92. The fraction of sp³-hybridized carbons (Fsp3) is 0.208. The van der Waals surface area contributed by atoms with E-state index in [1.165, 1.54) is 12.1 Å². The zero-order chi connectivity index (χ0) is 23.3. The first-order valence-corrected chi connectivity index (χ1v) is 12.2. The van der Waals surface area contributed by atoms with Crippen LogP contribution in [0.1, 0.15) is 5.56 Å². The van der Waals surface area contributed by atoms with Crippen LogP contribution < -0.4 is 19.1 Å². The summed E-state index contributed by atoms with van der Waals surface area (Å²) in [6.07, 6.45) is 0.596. The summed E-state index contributed by atoms with van der Waals surface area (Å²) in [5, 5.41) is 3.44. The molecule has 0 aromatic heterocycles. The maximum absolute atomic E-state index is 13.4. The third kappa shape index (κ3) is 5.58. The number of amides is 1. The number of nitrogens with zero attached hydrogens (tertiary/aromatic N) is 1. The minimum atomic E-state index is -4.00. The number of carbonyl (C=O) groups excluding carboxylic acids is 1. The van der Waals surface area contributed by atoms with Gasteiger partial charge in [-0.1, -0.05) is 41.9 Å². The minimum Gasteiger partial charge on any atom is -0.486 e. The molecule has 0 atom stereocenters. The van der Waals surface area contributed by atoms with E-state index in [9.17, 15) is 13.2 Å². The van der Waals surface area contributed by atoms with Crippen molar-refractivity contribution in [3.63, 3.8) is 0 Å². The van der Waals surface area contributed by atoms with Crippen LogP contribution in [0.25, 0.3) is 0 Å². The van der Waals surface area contributed by atoms with Crippen LogP contribution >= 0.6 is 11.6 Å². The normalized spacial score (nSPS) is 12.8. The molecular formula is C24H23ClN2O5S. The molecule has 1 heterocycles. The molecule has 0 radical (unpaired) electrons. The number of nitrogens with one attached hydrogen (secondary N) is 1. The summed E-state index contributed by atoms with van der Waals surface area (Å²) in [4.78, 5) is 12.8. The smallest absolute Gasteiger partial charge is 0.264 e. The first-order valence-electron chi connectivity index (χ1n) is 10.4. The number of benzene rings is 3. The molecule has 1 aliphatic heterocycles. The maximum Gasteiger partial charge on any atom is 0.264 e. The average Bonchev–Trinajstić information content (AvgIpc) is 2.84. The van der Waals surface area contributed by atoms with Crippen molar-refractivity contribution in [1.29, 1.82) is 0 Å². The molecule has 0 aliphatic carbocycles. The summed E-state index contributed by atoms with van der Waals surface area (Å²) in [5.41, 5.74) is 1.33. The molecule has 1 N–H and O–H groups in total. The summed E-state index contributed by atoms with van der Waals surface area (Å²) < 4.78 is 39.1. The second kappa shape index (κ2) is 10.1. The molecule has 3 aromatic rings. The third-order valence-corrected chi connectivity index (χ3v) is 7.12. The van der Waals surface area contributed by atoms with E-state index >= 15 is 0 Å². The number of ether oxygens (including phenoxy) is 2. The van der Waals surface area contributed by atoms with Gasteiger partial charge in [0.05, 0.1) is 10.6 Å². The fourth-order valence-electron chi connectivity index (χ4n) is 3.41. The van der Waals surface area contributed by atoms with E-state index in [-0.39, 0.29) is 11.4 Å². The van der Waals surface area contributed by atoms with Gasteiger partial charge in [-0.25, -0.2) is 8.42 Å². The molecule has 3 aromatic carbocycles. The van der Waals surface area contributed by atoms with Crippen LogP contribution in [0.15, 0.2) is 77.7 Å².